The lowest BCUT2D eigenvalue weighted by atomic mass is 10.1. The van der Waals surface area contributed by atoms with E-state index in [9.17, 15) is 13.2 Å². The van der Waals surface area contributed by atoms with E-state index in [1.54, 1.807) is 38.1 Å². The topological polar surface area (TPSA) is 93.1 Å². The van der Waals surface area contributed by atoms with E-state index in [0.29, 0.717) is 17.1 Å². The molecule has 2 N–H and O–H groups in total. The highest BCUT2D eigenvalue weighted by molar-refractivity contribution is 7.88. The standard InChI is InChI=1S/C24H29ClN4O3S/c1-16(2)28-33(31,32)15-20-7-5-19(6-8-20)14-26-24(30)13-23-17(3)27-29(18(23)4)22-11-9-21(25)10-12-22/h5-12,16,28H,13-15H2,1-4H3,(H,26,30). The molecule has 3 rings (SSSR count). The van der Waals surface area contributed by atoms with Crippen molar-refractivity contribution >= 4 is 27.5 Å². The van der Waals surface area contributed by atoms with Crippen molar-refractivity contribution in [3.05, 3.63) is 81.6 Å². The average Bonchev–Trinajstić information content (AvgIpc) is 3.01. The number of hydrogen-bond acceptors (Lipinski definition) is 4. The number of carbonyl (C=O) groups excluding carboxylic acids is 1. The molecule has 0 fully saturated rings. The van der Waals surface area contributed by atoms with Gasteiger partial charge in [-0.05, 0) is 63.1 Å². The Kier molecular flexibility index (Phi) is 7.94. The van der Waals surface area contributed by atoms with Crippen LogP contribution in [0.15, 0.2) is 48.5 Å². The first kappa shape index (κ1) is 25.0. The fourth-order valence-corrected chi connectivity index (χ4v) is 5.12. The van der Waals surface area contributed by atoms with Crippen molar-refractivity contribution in [2.45, 2.75) is 52.5 Å². The van der Waals surface area contributed by atoms with Crippen LogP contribution in [0.3, 0.4) is 0 Å². The first-order valence-corrected chi connectivity index (χ1v) is 12.7. The Balaban J connectivity index is 1.59. The number of hydrogen-bond donors (Lipinski definition) is 2. The molecule has 1 aromatic heterocycles. The van der Waals surface area contributed by atoms with Gasteiger partial charge in [-0.2, -0.15) is 5.10 Å². The Morgan fingerprint density at radius 3 is 2.24 bits per heavy atom. The number of aryl methyl sites for hydroxylation is 1. The second-order valence-electron chi connectivity index (χ2n) is 8.34. The van der Waals surface area contributed by atoms with Crippen LogP contribution in [0.25, 0.3) is 5.69 Å². The monoisotopic (exact) mass is 488 g/mol. The van der Waals surface area contributed by atoms with Crippen LogP contribution < -0.4 is 10.0 Å². The van der Waals surface area contributed by atoms with Crippen LogP contribution in [0.1, 0.15) is 41.9 Å². The van der Waals surface area contributed by atoms with Crippen molar-refractivity contribution in [1.82, 2.24) is 19.8 Å². The largest absolute Gasteiger partial charge is 0.352 e. The molecule has 2 aromatic carbocycles. The molecule has 7 nitrogen and oxygen atoms in total. The predicted octanol–water partition coefficient (Wildman–Crippen LogP) is 3.83. The van der Waals surface area contributed by atoms with Gasteiger partial charge in [-0.25, -0.2) is 17.8 Å². The van der Waals surface area contributed by atoms with Gasteiger partial charge in [0.1, 0.15) is 0 Å². The van der Waals surface area contributed by atoms with E-state index in [2.05, 4.69) is 15.1 Å². The second-order valence-corrected chi connectivity index (χ2v) is 10.5. The summed E-state index contributed by atoms with van der Waals surface area (Å²) in [7, 11) is -3.37. The highest BCUT2D eigenvalue weighted by Gasteiger charge is 2.16. The molecule has 0 saturated carbocycles. The fourth-order valence-electron chi connectivity index (χ4n) is 3.56. The van der Waals surface area contributed by atoms with Crippen molar-refractivity contribution < 1.29 is 13.2 Å². The van der Waals surface area contributed by atoms with Crippen LogP contribution >= 0.6 is 11.6 Å². The molecule has 0 radical (unpaired) electrons. The average molecular weight is 489 g/mol. The van der Waals surface area contributed by atoms with Crippen LogP contribution in [-0.4, -0.2) is 30.1 Å². The predicted molar refractivity (Wildman–Crippen MR) is 131 cm³/mol. The number of nitrogens with one attached hydrogen (secondary N) is 2. The molecule has 33 heavy (non-hydrogen) atoms. The maximum atomic E-state index is 12.6. The third kappa shape index (κ3) is 6.90. The quantitative estimate of drug-likeness (QED) is 0.478. The van der Waals surface area contributed by atoms with Gasteiger partial charge in [0.25, 0.3) is 0 Å². The van der Waals surface area contributed by atoms with Gasteiger partial charge < -0.3 is 5.32 Å². The third-order valence-electron chi connectivity index (χ3n) is 5.13. The molecule has 1 amide bonds. The number of sulfonamides is 1. The summed E-state index contributed by atoms with van der Waals surface area (Å²) in [6, 6.07) is 14.4. The van der Waals surface area contributed by atoms with Crippen molar-refractivity contribution in [2.75, 3.05) is 0 Å². The summed E-state index contributed by atoms with van der Waals surface area (Å²) in [4.78, 5) is 12.6. The van der Waals surface area contributed by atoms with Gasteiger partial charge in [0.05, 0.1) is 23.6 Å². The van der Waals surface area contributed by atoms with E-state index in [0.717, 1.165) is 28.2 Å². The van der Waals surface area contributed by atoms with E-state index in [4.69, 9.17) is 11.6 Å². The van der Waals surface area contributed by atoms with Gasteiger partial charge in [0.15, 0.2) is 0 Å². The Morgan fingerprint density at radius 2 is 1.64 bits per heavy atom. The first-order chi connectivity index (χ1) is 15.5. The second kappa shape index (κ2) is 10.5. The molecule has 0 unspecified atom stereocenters. The Hall–Kier alpha value is -2.68. The van der Waals surface area contributed by atoms with E-state index < -0.39 is 10.0 Å². The number of carbonyl (C=O) groups is 1. The van der Waals surface area contributed by atoms with Crippen LogP contribution in [0.4, 0.5) is 0 Å². The Morgan fingerprint density at radius 1 is 1.03 bits per heavy atom. The lowest BCUT2D eigenvalue weighted by Crippen LogP contribution is -2.31. The van der Waals surface area contributed by atoms with E-state index in [1.807, 2.05) is 42.8 Å². The SMILES string of the molecule is Cc1nn(-c2ccc(Cl)cc2)c(C)c1CC(=O)NCc1ccc(CS(=O)(=O)NC(C)C)cc1. The molecule has 1 heterocycles. The first-order valence-electron chi connectivity index (χ1n) is 10.7. The summed E-state index contributed by atoms with van der Waals surface area (Å²) in [5.41, 5.74) is 5.08. The molecular weight excluding hydrogens is 460 g/mol. The van der Waals surface area contributed by atoms with Gasteiger partial charge in [-0.3, -0.25) is 4.79 Å². The molecule has 0 aliphatic carbocycles. The molecule has 0 bridgehead atoms. The minimum atomic E-state index is -3.37. The highest BCUT2D eigenvalue weighted by atomic mass is 35.5. The summed E-state index contributed by atoms with van der Waals surface area (Å²) in [6.45, 7) is 7.77. The van der Waals surface area contributed by atoms with Crippen LogP contribution in [0.2, 0.25) is 5.02 Å². The number of amides is 1. The lowest BCUT2D eigenvalue weighted by Gasteiger charge is -2.10. The summed E-state index contributed by atoms with van der Waals surface area (Å²) in [6.07, 6.45) is 0.225. The maximum absolute atomic E-state index is 12.6. The van der Waals surface area contributed by atoms with Gasteiger partial charge in [-0.1, -0.05) is 35.9 Å². The van der Waals surface area contributed by atoms with Gasteiger partial charge >= 0.3 is 0 Å². The number of halogens is 1. The Labute approximate surface area is 200 Å². The smallest absolute Gasteiger partial charge is 0.224 e. The van der Waals surface area contributed by atoms with Gasteiger partial charge in [0, 0.05) is 28.9 Å². The summed E-state index contributed by atoms with van der Waals surface area (Å²) < 4.78 is 28.5. The van der Waals surface area contributed by atoms with E-state index in [1.165, 1.54) is 0 Å². The van der Waals surface area contributed by atoms with E-state index in [-0.39, 0.29) is 24.1 Å². The molecule has 0 aliphatic rings. The molecule has 3 aromatic rings. The highest BCUT2D eigenvalue weighted by Crippen LogP contribution is 2.20. The number of aromatic nitrogens is 2. The van der Waals surface area contributed by atoms with Crippen molar-refractivity contribution in [3.8, 4) is 5.69 Å². The van der Waals surface area contributed by atoms with Crippen molar-refractivity contribution in [3.63, 3.8) is 0 Å². The molecule has 9 heteroatoms. The maximum Gasteiger partial charge on any atom is 0.224 e. The normalized spacial score (nSPS) is 11.7. The van der Waals surface area contributed by atoms with Gasteiger partial charge in [-0.15, -0.1) is 0 Å². The summed E-state index contributed by atoms with van der Waals surface area (Å²) >= 11 is 5.97. The number of nitrogens with zero attached hydrogens (tertiary/aromatic N) is 2. The minimum absolute atomic E-state index is 0.0754. The molecule has 176 valence electrons. The molecular formula is C24H29ClN4O3S. The van der Waals surface area contributed by atoms with E-state index >= 15 is 0 Å². The summed E-state index contributed by atoms with van der Waals surface area (Å²) in [5, 5.41) is 8.16. The van der Waals surface area contributed by atoms with Crippen LogP contribution in [0.5, 0.6) is 0 Å². The number of benzene rings is 2. The van der Waals surface area contributed by atoms with Crippen LogP contribution in [-0.2, 0) is 33.5 Å². The zero-order chi connectivity index (χ0) is 24.2. The molecule has 0 aliphatic heterocycles. The minimum Gasteiger partial charge on any atom is -0.352 e. The lowest BCUT2D eigenvalue weighted by molar-refractivity contribution is -0.120. The molecule has 0 saturated heterocycles. The summed E-state index contributed by atoms with van der Waals surface area (Å²) in [5.74, 6) is -0.182. The zero-order valence-electron chi connectivity index (χ0n) is 19.2. The Bertz CT molecular complexity index is 1220. The van der Waals surface area contributed by atoms with Crippen molar-refractivity contribution in [2.24, 2.45) is 0 Å². The molecule has 0 spiro atoms. The zero-order valence-corrected chi connectivity index (χ0v) is 20.8. The fraction of sp³-hybridized carbons (Fsp3) is 0.333. The van der Waals surface area contributed by atoms with Crippen molar-refractivity contribution in [1.29, 1.82) is 0 Å². The number of rotatable bonds is 9. The van der Waals surface area contributed by atoms with Crippen LogP contribution in [0, 0.1) is 13.8 Å². The third-order valence-corrected chi connectivity index (χ3v) is 6.93. The van der Waals surface area contributed by atoms with Gasteiger partial charge in [0.2, 0.25) is 15.9 Å². The molecule has 0 atom stereocenters.